The number of methoxy groups -OCH3 is 3. The SMILES string of the molecule is COCCNC(=O)c1ccc2c(=O)n(-c3cc(OC)cc(OC)c3)c(SCc3ccc(Cl)cc3)nc2c1. The number of hydrogen-bond donors (Lipinski definition) is 1. The van der Waals surface area contributed by atoms with Crippen molar-refractivity contribution in [2.75, 3.05) is 34.5 Å². The summed E-state index contributed by atoms with van der Waals surface area (Å²) in [6.07, 6.45) is 0. The number of nitrogens with one attached hydrogen (secondary N) is 1. The predicted octanol–water partition coefficient (Wildman–Crippen LogP) is 4.72. The van der Waals surface area contributed by atoms with Gasteiger partial charge in [-0.3, -0.25) is 14.2 Å². The van der Waals surface area contributed by atoms with Gasteiger partial charge in [-0.2, -0.15) is 0 Å². The Hall–Kier alpha value is -3.53. The van der Waals surface area contributed by atoms with E-state index in [1.165, 1.54) is 16.3 Å². The quantitative estimate of drug-likeness (QED) is 0.177. The largest absolute Gasteiger partial charge is 0.497 e. The van der Waals surface area contributed by atoms with Crippen LogP contribution in [0.15, 0.2) is 70.6 Å². The van der Waals surface area contributed by atoms with Crippen LogP contribution in [0, 0.1) is 0 Å². The first-order valence-electron chi connectivity index (χ1n) is 11.4. The Morgan fingerprint density at radius 3 is 2.35 bits per heavy atom. The van der Waals surface area contributed by atoms with E-state index in [9.17, 15) is 9.59 Å². The molecule has 37 heavy (non-hydrogen) atoms. The smallest absolute Gasteiger partial charge is 0.266 e. The van der Waals surface area contributed by atoms with Gasteiger partial charge in [-0.05, 0) is 35.9 Å². The number of nitrogens with zero attached hydrogens (tertiary/aromatic N) is 2. The van der Waals surface area contributed by atoms with Gasteiger partial charge in [-0.25, -0.2) is 4.98 Å². The third-order valence-electron chi connectivity index (χ3n) is 5.57. The summed E-state index contributed by atoms with van der Waals surface area (Å²) in [7, 11) is 4.67. The van der Waals surface area contributed by atoms with E-state index in [-0.39, 0.29) is 11.5 Å². The molecule has 0 aliphatic rings. The van der Waals surface area contributed by atoms with Crippen molar-refractivity contribution in [3.8, 4) is 17.2 Å². The average Bonchev–Trinajstić information content (AvgIpc) is 2.92. The summed E-state index contributed by atoms with van der Waals surface area (Å²) in [6, 6.07) is 17.6. The Kier molecular flexibility index (Phi) is 8.70. The van der Waals surface area contributed by atoms with E-state index >= 15 is 0 Å². The van der Waals surface area contributed by atoms with Crippen molar-refractivity contribution in [3.63, 3.8) is 0 Å². The summed E-state index contributed by atoms with van der Waals surface area (Å²) in [6.45, 7) is 0.778. The van der Waals surface area contributed by atoms with Crippen LogP contribution in [0.2, 0.25) is 5.02 Å². The topological polar surface area (TPSA) is 91.7 Å². The number of halogens is 1. The molecule has 4 rings (SSSR count). The van der Waals surface area contributed by atoms with Gasteiger partial charge in [0.15, 0.2) is 5.16 Å². The number of ether oxygens (including phenoxy) is 3. The maximum absolute atomic E-state index is 13.8. The van der Waals surface area contributed by atoms with Crippen LogP contribution in [-0.2, 0) is 10.5 Å². The second-order valence-electron chi connectivity index (χ2n) is 8.00. The van der Waals surface area contributed by atoms with Crippen LogP contribution >= 0.6 is 23.4 Å². The molecule has 192 valence electrons. The number of benzene rings is 3. The van der Waals surface area contributed by atoms with Crippen LogP contribution in [0.25, 0.3) is 16.6 Å². The van der Waals surface area contributed by atoms with Crippen molar-refractivity contribution in [1.82, 2.24) is 14.9 Å². The predicted molar refractivity (Wildman–Crippen MR) is 146 cm³/mol. The first-order valence-corrected chi connectivity index (χ1v) is 12.7. The number of rotatable bonds is 10. The molecule has 10 heteroatoms. The highest BCUT2D eigenvalue weighted by Crippen LogP contribution is 2.29. The summed E-state index contributed by atoms with van der Waals surface area (Å²) in [5, 5.41) is 4.27. The summed E-state index contributed by atoms with van der Waals surface area (Å²) in [5.74, 6) is 1.36. The van der Waals surface area contributed by atoms with Gasteiger partial charge < -0.3 is 19.5 Å². The van der Waals surface area contributed by atoms with Crippen LogP contribution in [0.1, 0.15) is 15.9 Å². The minimum absolute atomic E-state index is 0.266. The Labute approximate surface area is 223 Å². The monoisotopic (exact) mass is 539 g/mol. The molecule has 3 aromatic carbocycles. The highest BCUT2D eigenvalue weighted by Gasteiger charge is 2.17. The minimum Gasteiger partial charge on any atom is -0.497 e. The summed E-state index contributed by atoms with van der Waals surface area (Å²) < 4.78 is 17.4. The molecule has 1 aromatic heterocycles. The van der Waals surface area contributed by atoms with Crippen molar-refractivity contribution in [2.45, 2.75) is 10.9 Å². The Bertz CT molecular complexity index is 1450. The van der Waals surface area contributed by atoms with Gasteiger partial charge in [0.05, 0.1) is 37.4 Å². The zero-order valence-corrected chi connectivity index (χ0v) is 22.2. The summed E-state index contributed by atoms with van der Waals surface area (Å²) in [4.78, 5) is 31.2. The molecule has 1 amide bonds. The molecule has 4 aromatic rings. The summed E-state index contributed by atoms with van der Waals surface area (Å²) in [5.41, 5.74) is 2.13. The molecule has 0 fully saturated rings. The molecular formula is C27H26ClN3O5S. The van der Waals surface area contributed by atoms with Gasteiger partial charge in [0.2, 0.25) is 0 Å². The van der Waals surface area contributed by atoms with Gasteiger partial charge in [-0.15, -0.1) is 0 Å². The molecule has 0 spiro atoms. The molecule has 0 bridgehead atoms. The fourth-order valence-electron chi connectivity index (χ4n) is 3.65. The van der Waals surface area contributed by atoms with Gasteiger partial charge in [-0.1, -0.05) is 35.5 Å². The molecule has 1 N–H and O–H groups in total. The molecular weight excluding hydrogens is 514 g/mol. The summed E-state index contributed by atoms with van der Waals surface area (Å²) >= 11 is 7.43. The number of thioether (sulfide) groups is 1. The van der Waals surface area contributed by atoms with E-state index in [0.29, 0.717) is 62.7 Å². The van der Waals surface area contributed by atoms with Gasteiger partial charge in [0.25, 0.3) is 11.5 Å². The van der Waals surface area contributed by atoms with E-state index in [1.54, 1.807) is 57.7 Å². The molecule has 0 unspecified atom stereocenters. The third-order valence-corrected chi connectivity index (χ3v) is 6.83. The Morgan fingerprint density at radius 2 is 1.70 bits per heavy atom. The highest BCUT2D eigenvalue weighted by atomic mass is 35.5. The highest BCUT2D eigenvalue weighted by molar-refractivity contribution is 7.98. The van der Waals surface area contributed by atoms with Crippen molar-refractivity contribution < 1.29 is 19.0 Å². The first kappa shape index (κ1) is 26.5. The number of amides is 1. The van der Waals surface area contributed by atoms with Gasteiger partial charge >= 0.3 is 0 Å². The molecule has 0 aliphatic carbocycles. The van der Waals surface area contributed by atoms with Gasteiger partial charge in [0.1, 0.15) is 11.5 Å². The number of aromatic nitrogens is 2. The lowest BCUT2D eigenvalue weighted by molar-refractivity contribution is 0.0937. The van der Waals surface area contributed by atoms with Gasteiger partial charge in [0, 0.05) is 48.2 Å². The number of fused-ring (bicyclic) bond motifs is 1. The van der Waals surface area contributed by atoms with E-state index in [0.717, 1.165) is 5.56 Å². The lowest BCUT2D eigenvalue weighted by Gasteiger charge is -2.16. The molecule has 0 saturated carbocycles. The fraction of sp³-hybridized carbons (Fsp3) is 0.222. The van der Waals surface area contributed by atoms with Crippen LogP contribution < -0.4 is 20.3 Å². The molecule has 0 radical (unpaired) electrons. The lowest BCUT2D eigenvalue weighted by Crippen LogP contribution is -2.27. The average molecular weight is 540 g/mol. The molecule has 8 nitrogen and oxygen atoms in total. The van der Waals surface area contributed by atoms with Crippen molar-refractivity contribution in [1.29, 1.82) is 0 Å². The second-order valence-corrected chi connectivity index (χ2v) is 9.38. The molecule has 1 heterocycles. The fourth-order valence-corrected chi connectivity index (χ4v) is 4.74. The molecule has 0 atom stereocenters. The van der Waals surface area contributed by atoms with Crippen molar-refractivity contribution >= 4 is 40.2 Å². The third kappa shape index (κ3) is 6.25. The van der Waals surface area contributed by atoms with Crippen LogP contribution in [-0.4, -0.2) is 49.9 Å². The standard InChI is InChI=1S/C27H26ClN3O5S/c1-34-11-10-29-25(32)18-6-9-23-24(12-18)30-27(37-16-17-4-7-19(28)8-5-17)31(26(23)33)20-13-21(35-2)15-22(14-20)36-3/h4-9,12-15H,10-11,16H2,1-3H3,(H,29,32). The maximum atomic E-state index is 13.8. The van der Waals surface area contributed by atoms with Crippen LogP contribution in [0.4, 0.5) is 0 Å². The van der Waals surface area contributed by atoms with Crippen LogP contribution in [0.5, 0.6) is 11.5 Å². The number of carbonyl (C=O) groups is 1. The van der Waals surface area contributed by atoms with E-state index in [1.807, 2.05) is 24.3 Å². The minimum atomic E-state index is -0.273. The van der Waals surface area contributed by atoms with Crippen LogP contribution in [0.3, 0.4) is 0 Å². The van der Waals surface area contributed by atoms with E-state index in [2.05, 4.69) is 5.32 Å². The van der Waals surface area contributed by atoms with Crippen molar-refractivity contribution in [3.05, 3.63) is 87.2 Å². The second kappa shape index (κ2) is 12.1. The maximum Gasteiger partial charge on any atom is 0.266 e. The Morgan fingerprint density at radius 1 is 1.00 bits per heavy atom. The zero-order chi connectivity index (χ0) is 26.4. The van der Waals surface area contributed by atoms with E-state index < -0.39 is 0 Å². The molecule has 0 aliphatic heterocycles. The number of carbonyl (C=O) groups excluding carboxylic acids is 1. The first-order chi connectivity index (χ1) is 17.9. The number of hydrogen-bond acceptors (Lipinski definition) is 7. The lowest BCUT2D eigenvalue weighted by atomic mass is 10.1. The van der Waals surface area contributed by atoms with E-state index in [4.69, 9.17) is 30.8 Å². The van der Waals surface area contributed by atoms with Crippen molar-refractivity contribution in [2.24, 2.45) is 0 Å². The Balaban J connectivity index is 1.82. The zero-order valence-electron chi connectivity index (χ0n) is 20.6. The normalized spacial score (nSPS) is 10.9. The molecule has 0 saturated heterocycles.